The predicted molar refractivity (Wildman–Crippen MR) is 276 cm³/mol. The number of nitrogens with zero attached hydrogens (tertiary/aromatic N) is 4. The molecule has 0 N–H and O–H groups in total. The summed E-state index contributed by atoms with van der Waals surface area (Å²) in [6.07, 6.45) is 2.83. The zero-order valence-electron chi connectivity index (χ0n) is 40.0. The van der Waals surface area contributed by atoms with Gasteiger partial charge in [-0.25, -0.2) is 0 Å². The molecule has 0 bridgehead atoms. The number of ether oxygens (including phenoxy) is 2. The van der Waals surface area contributed by atoms with Crippen LogP contribution >= 0.6 is 0 Å². The molecule has 11 rings (SSSR count). The maximum absolute atomic E-state index is 6.86. The third-order valence-corrected chi connectivity index (χ3v) is 14.8. The molecule has 342 valence electrons. The third kappa shape index (κ3) is 7.64. The Morgan fingerprint density at radius 1 is 0.559 bits per heavy atom. The fourth-order valence-corrected chi connectivity index (χ4v) is 11.0. The van der Waals surface area contributed by atoms with E-state index in [0.717, 1.165) is 72.1 Å². The standard InChI is InChI=1S/C61H56N4O2.Pt/c1-59(2,3)42-32-41(33-43(34-42)60(4,5)6)48-23-17-22-47(40-18-10-9-11-19-40)58(48)64-39-63(52-24-12-13-25-53(52)64)44-20-16-21-45(35-44)67-46-27-28-49-50-37-51-56(66-31-29-61(51,7)8)38-55(50)65(54(49)36-46)57-26-14-15-30-62-57;/h9-28,30,32-38H,29,31H2,1-8H3;. The van der Waals surface area contributed by atoms with Crippen molar-refractivity contribution in [2.45, 2.75) is 78.1 Å². The first kappa shape index (κ1) is 43.8. The van der Waals surface area contributed by atoms with Crippen molar-refractivity contribution in [2.24, 2.45) is 0 Å². The molecule has 7 aromatic carbocycles. The molecular weight excluding hydrogens is 1020 g/mol. The Morgan fingerprint density at radius 2 is 1.21 bits per heavy atom. The second kappa shape index (κ2) is 16.5. The Kier molecular flexibility index (Phi) is 10.6. The summed E-state index contributed by atoms with van der Waals surface area (Å²) in [5.41, 5.74) is 15.0. The number of pyridine rings is 1. The number of para-hydroxylation sites is 3. The molecule has 10 aromatic rings. The first-order chi connectivity index (χ1) is 32.6. The number of rotatable bonds is 7. The molecular formula is C61H56N4O2Pt. The van der Waals surface area contributed by atoms with E-state index in [0.29, 0.717) is 6.61 Å². The first-order valence-electron chi connectivity index (χ1n) is 23.6. The van der Waals surface area contributed by atoms with Crippen molar-refractivity contribution in [1.29, 1.82) is 0 Å². The Balaban J connectivity index is 1.07. The van der Waals surface area contributed by atoms with Gasteiger partial charge in [0.2, 0.25) is 0 Å². The van der Waals surface area contributed by atoms with E-state index in [4.69, 9.17) is 14.5 Å². The quantitative estimate of drug-likeness (QED) is 0.160. The monoisotopic (exact) mass is 1070 g/mol. The van der Waals surface area contributed by atoms with E-state index in [9.17, 15) is 0 Å². The van der Waals surface area contributed by atoms with E-state index in [1.165, 1.54) is 44.3 Å². The molecule has 0 amide bonds. The van der Waals surface area contributed by atoms with E-state index in [2.05, 4.69) is 234 Å². The van der Waals surface area contributed by atoms with Crippen molar-refractivity contribution in [3.8, 4) is 56.7 Å². The van der Waals surface area contributed by atoms with Gasteiger partial charge in [-0.2, -0.15) is 0 Å². The molecule has 0 saturated heterocycles. The van der Waals surface area contributed by atoms with Gasteiger partial charge in [-0.3, -0.25) is 0 Å². The van der Waals surface area contributed by atoms with Crippen LogP contribution in [0.1, 0.15) is 78.5 Å². The van der Waals surface area contributed by atoms with Crippen molar-refractivity contribution < 1.29 is 28.8 Å². The van der Waals surface area contributed by atoms with Crippen LogP contribution in [-0.4, -0.2) is 25.3 Å². The van der Waals surface area contributed by atoms with E-state index < -0.39 is 0 Å². The Bertz CT molecular complexity index is 3610. The number of imidazole rings is 1. The van der Waals surface area contributed by atoms with Crippen molar-refractivity contribution in [3.05, 3.63) is 190 Å². The third-order valence-electron chi connectivity index (χ3n) is 13.8. The van der Waals surface area contributed by atoms with Crippen LogP contribution < -0.4 is 9.47 Å². The molecule has 7 heteroatoms. The summed E-state index contributed by atoms with van der Waals surface area (Å²) >= 11 is 2.53. The van der Waals surface area contributed by atoms with Crippen molar-refractivity contribution in [3.63, 3.8) is 0 Å². The SMILES string of the molecule is CC(C)(C)c1cc(-c2cccc(-c3ccccc3)c2-n2[c](=[Pt])n(-c3cccc(Oc4ccc5c6cc7c(cc6n(-c6ccccn6)c5c4)OCCC7(C)C)c3)c3ccccc32)cc(C(C)(C)C)c1. The molecule has 68 heavy (non-hydrogen) atoms. The van der Waals surface area contributed by atoms with Gasteiger partial charge in [0.1, 0.15) is 5.75 Å². The second-order valence-electron chi connectivity index (χ2n) is 20.9. The molecule has 3 aromatic heterocycles. The zero-order valence-corrected chi connectivity index (χ0v) is 42.3. The van der Waals surface area contributed by atoms with Gasteiger partial charge < -0.3 is 4.74 Å². The van der Waals surface area contributed by atoms with Crippen molar-refractivity contribution in [1.82, 2.24) is 18.7 Å². The van der Waals surface area contributed by atoms with Gasteiger partial charge in [-0.1, -0.05) is 19.9 Å². The number of aromatic nitrogens is 4. The molecule has 0 saturated carbocycles. The fourth-order valence-electron chi connectivity index (χ4n) is 9.93. The van der Waals surface area contributed by atoms with Gasteiger partial charge >= 0.3 is 346 Å². The van der Waals surface area contributed by atoms with Crippen LogP contribution in [0.4, 0.5) is 0 Å². The molecule has 0 spiro atoms. The fraction of sp³-hybridized carbons (Fsp3) is 0.213. The predicted octanol–water partition coefficient (Wildman–Crippen LogP) is 15.8. The Morgan fingerprint density at radius 3 is 1.91 bits per heavy atom. The molecule has 1 aliphatic rings. The van der Waals surface area contributed by atoms with Crippen LogP contribution in [0.3, 0.4) is 0 Å². The molecule has 4 heterocycles. The summed E-state index contributed by atoms with van der Waals surface area (Å²) < 4.78 is 21.2. The number of benzene rings is 7. The average Bonchev–Trinajstić information content (AvgIpc) is 3.80. The topological polar surface area (TPSA) is 46.1 Å². The summed E-state index contributed by atoms with van der Waals surface area (Å²) in [5.74, 6) is 3.27. The van der Waals surface area contributed by atoms with Crippen LogP contribution in [0.5, 0.6) is 17.2 Å². The van der Waals surface area contributed by atoms with E-state index in [1.807, 2.05) is 24.4 Å². The van der Waals surface area contributed by atoms with Crippen LogP contribution in [0, 0.1) is 3.80 Å². The molecule has 0 atom stereocenters. The normalized spacial score (nSPS) is 13.8. The van der Waals surface area contributed by atoms with E-state index >= 15 is 0 Å². The van der Waals surface area contributed by atoms with E-state index in [-0.39, 0.29) is 16.2 Å². The van der Waals surface area contributed by atoms with Gasteiger partial charge in [-0.05, 0) is 17.9 Å². The molecule has 0 radical (unpaired) electrons. The molecule has 0 aliphatic carbocycles. The summed E-state index contributed by atoms with van der Waals surface area (Å²) in [6, 6.07) is 59.0. The number of fused-ring (bicyclic) bond motifs is 5. The van der Waals surface area contributed by atoms with Crippen LogP contribution in [0.15, 0.2) is 170 Å². The Labute approximate surface area is 409 Å². The minimum absolute atomic E-state index is 0.0131. The van der Waals surface area contributed by atoms with Gasteiger partial charge in [0.25, 0.3) is 0 Å². The van der Waals surface area contributed by atoms with Crippen molar-refractivity contribution in [2.75, 3.05) is 6.61 Å². The van der Waals surface area contributed by atoms with Crippen LogP contribution in [0.25, 0.3) is 72.3 Å². The van der Waals surface area contributed by atoms with Gasteiger partial charge in [0.15, 0.2) is 0 Å². The van der Waals surface area contributed by atoms with E-state index in [1.54, 1.807) is 0 Å². The Hall–Kier alpha value is -6.75. The van der Waals surface area contributed by atoms with Gasteiger partial charge in [0, 0.05) is 11.8 Å². The molecule has 1 aliphatic heterocycles. The zero-order chi connectivity index (χ0) is 47.1. The summed E-state index contributed by atoms with van der Waals surface area (Å²) in [4.78, 5) is 4.83. The van der Waals surface area contributed by atoms with Crippen molar-refractivity contribution >= 4 is 32.8 Å². The second-order valence-corrected chi connectivity index (χ2v) is 21.9. The maximum atomic E-state index is 6.86. The first-order valence-corrected chi connectivity index (χ1v) is 24.8. The number of hydrogen-bond donors (Lipinski definition) is 0. The van der Waals surface area contributed by atoms with Crippen LogP contribution in [0.2, 0.25) is 0 Å². The summed E-state index contributed by atoms with van der Waals surface area (Å²) in [7, 11) is 0. The minimum atomic E-state index is -0.0341. The molecule has 0 fully saturated rings. The van der Waals surface area contributed by atoms with Crippen LogP contribution in [-0.2, 0) is 35.6 Å². The average molecular weight is 1070 g/mol. The number of hydrogen-bond acceptors (Lipinski definition) is 3. The summed E-state index contributed by atoms with van der Waals surface area (Å²) in [6.45, 7) is 19.2. The summed E-state index contributed by atoms with van der Waals surface area (Å²) in [5, 5.41) is 2.32. The molecule has 0 unspecified atom stereocenters. The molecule has 6 nitrogen and oxygen atoms in total. The van der Waals surface area contributed by atoms with Gasteiger partial charge in [0.05, 0.1) is 6.61 Å². The van der Waals surface area contributed by atoms with Gasteiger partial charge in [-0.15, -0.1) is 0 Å².